The van der Waals surface area contributed by atoms with Gasteiger partial charge in [-0.05, 0) is 76.5 Å². The predicted molar refractivity (Wildman–Crippen MR) is 148 cm³/mol. The maximum absolute atomic E-state index is 12.7. The number of ether oxygens (including phenoxy) is 5. The van der Waals surface area contributed by atoms with Crippen molar-refractivity contribution in [1.29, 1.82) is 0 Å². The van der Waals surface area contributed by atoms with Crippen LogP contribution in [0.1, 0.15) is 104 Å². The van der Waals surface area contributed by atoms with Crippen LogP contribution in [-0.4, -0.2) is 48.4 Å². The smallest absolute Gasteiger partial charge is 0.458 e. The maximum Gasteiger partial charge on any atom is 0.508 e. The molecule has 1 aliphatic carbocycles. The number of rotatable bonds is 15. The van der Waals surface area contributed by atoms with E-state index in [-0.39, 0.29) is 36.9 Å². The number of carbonyl (C=O) groups is 4. The van der Waals surface area contributed by atoms with Gasteiger partial charge >= 0.3 is 24.1 Å². The van der Waals surface area contributed by atoms with Crippen LogP contribution in [0.3, 0.4) is 0 Å². The maximum atomic E-state index is 12.7. The van der Waals surface area contributed by atoms with E-state index >= 15 is 0 Å². The molecule has 2 rings (SSSR count). The summed E-state index contributed by atoms with van der Waals surface area (Å²) < 4.78 is 27.0. The van der Waals surface area contributed by atoms with Crippen molar-refractivity contribution in [2.24, 2.45) is 5.73 Å². The Balaban J connectivity index is 1.97. The normalized spacial score (nSPS) is 15.8. The SMILES string of the molecule is CCCCC(=O)Oc1ccc(C[C@H](N)C(=O)O[C@@H](C)C(C)OC(=O)OC2CCCCC2)cc1OC(=O)CCCC. The first-order valence-electron chi connectivity index (χ1n) is 14.5. The monoisotopic (exact) mass is 563 g/mol. The van der Waals surface area contributed by atoms with Crippen LogP contribution < -0.4 is 15.2 Å². The quantitative estimate of drug-likeness (QED) is 0.213. The lowest BCUT2D eigenvalue weighted by molar-refractivity contribution is -0.156. The Labute approximate surface area is 237 Å². The summed E-state index contributed by atoms with van der Waals surface area (Å²) in [5, 5.41) is 0. The van der Waals surface area contributed by atoms with Crippen LogP contribution in [-0.2, 0) is 35.0 Å². The minimum Gasteiger partial charge on any atom is -0.458 e. The third kappa shape index (κ3) is 11.9. The molecule has 2 N–H and O–H groups in total. The van der Waals surface area contributed by atoms with Crippen molar-refractivity contribution in [1.82, 2.24) is 0 Å². The lowest BCUT2D eigenvalue weighted by Gasteiger charge is -2.25. The molecule has 0 aliphatic heterocycles. The second-order valence-electron chi connectivity index (χ2n) is 10.3. The Bertz CT molecular complexity index is 974. The molecule has 1 unspecified atom stereocenters. The van der Waals surface area contributed by atoms with Gasteiger partial charge in [-0.2, -0.15) is 0 Å². The first-order valence-corrected chi connectivity index (χ1v) is 14.5. The summed E-state index contributed by atoms with van der Waals surface area (Å²) in [4.78, 5) is 49.3. The highest BCUT2D eigenvalue weighted by Gasteiger charge is 2.27. The Morgan fingerprint density at radius 3 is 2.02 bits per heavy atom. The van der Waals surface area contributed by atoms with Crippen LogP contribution in [0.25, 0.3) is 0 Å². The molecule has 0 saturated heterocycles. The average molecular weight is 564 g/mol. The molecule has 1 aromatic carbocycles. The highest BCUT2D eigenvalue weighted by Crippen LogP contribution is 2.30. The van der Waals surface area contributed by atoms with E-state index in [0.29, 0.717) is 18.4 Å². The number of hydrogen-bond donors (Lipinski definition) is 1. The lowest BCUT2D eigenvalue weighted by atomic mass is 9.98. The molecule has 1 aliphatic rings. The largest absolute Gasteiger partial charge is 0.508 e. The first-order chi connectivity index (χ1) is 19.1. The fourth-order valence-electron chi connectivity index (χ4n) is 4.13. The Morgan fingerprint density at radius 2 is 1.43 bits per heavy atom. The van der Waals surface area contributed by atoms with E-state index < -0.39 is 42.3 Å². The van der Waals surface area contributed by atoms with Gasteiger partial charge in [-0.1, -0.05) is 39.2 Å². The second-order valence-corrected chi connectivity index (χ2v) is 10.3. The summed E-state index contributed by atoms with van der Waals surface area (Å²) in [7, 11) is 0. The van der Waals surface area contributed by atoms with E-state index in [1.807, 2.05) is 13.8 Å². The van der Waals surface area contributed by atoms with E-state index in [1.54, 1.807) is 19.9 Å². The number of esters is 3. The zero-order valence-corrected chi connectivity index (χ0v) is 24.3. The molecule has 3 atom stereocenters. The summed E-state index contributed by atoms with van der Waals surface area (Å²) in [6.07, 6.45) is 6.00. The van der Waals surface area contributed by atoms with Crippen molar-refractivity contribution in [3.8, 4) is 11.5 Å². The van der Waals surface area contributed by atoms with E-state index in [2.05, 4.69) is 0 Å². The van der Waals surface area contributed by atoms with Crippen LogP contribution in [0.15, 0.2) is 18.2 Å². The van der Waals surface area contributed by atoms with E-state index in [0.717, 1.165) is 44.9 Å². The van der Waals surface area contributed by atoms with Gasteiger partial charge in [-0.3, -0.25) is 14.4 Å². The van der Waals surface area contributed by atoms with Gasteiger partial charge in [0.15, 0.2) is 11.5 Å². The number of carbonyl (C=O) groups excluding carboxylic acids is 4. The molecule has 224 valence electrons. The van der Waals surface area contributed by atoms with Crippen molar-refractivity contribution in [2.45, 2.75) is 129 Å². The van der Waals surface area contributed by atoms with Gasteiger partial charge in [0.2, 0.25) is 0 Å². The highest BCUT2D eigenvalue weighted by molar-refractivity contribution is 5.77. The summed E-state index contributed by atoms with van der Waals surface area (Å²) in [5.74, 6) is -1.33. The molecule has 10 nitrogen and oxygen atoms in total. The summed E-state index contributed by atoms with van der Waals surface area (Å²) >= 11 is 0. The zero-order chi connectivity index (χ0) is 29.5. The molecule has 1 aromatic rings. The Kier molecular flexibility index (Phi) is 14.5. The highest BCUT2D eigenvalue weighted by atomic mass is 16.7. The summed E-state index contributed by atoms with van der Waals surface area (Å²) in [6, 6.07) is 3.67. The van der Waals surface area contributed by atoms with Gasteiger partial charge in [0, 0.05) is 12.8 Å². The predicted octanol–water partition coefficient (Wildman–Crippen LogP) is 5.55. The van der Waals surface area contributed by atoms with E-state index in [1.165, 1.54) is 12.1 Å². The number of unbranched alkanes of at least 4 members (excludes halogenated alkanes) is 2. The third-order valence-corrected chi connectivity index (χ3v) is 6.74. The average Bonchev–Trinajstić information content (AvgIpc) is 2.92. The van der Waals surface area contributed by atoms with Gasteiger partial charge in [0.25, 0.3) is 0 Å². The topological polar surface area (TPSA) is 140 Å². The lowest BCUT2D eigenvalue weighted by Crippen LogP contribution is -2.39. The Morgan fingerprint density at radius 1 is 0.850 bits per heavy atom. The summed E-state index contributed by atoms with van der Waals surface area (Å²) in [5.41, 5.74) is 6.70. The van der Waals surface area contributed by atoms with Crippen LogP contribution >= 0.6 is 0 Å². The molecule has 0 radical (unpaired) electrons. The third-order valence-electron chi connectivity index (χ3n) is 6.74. The molecule has 0 amide bonds. The molecule has 0 aromatic heterocycles. The Hall–Kier alpha value is -3.14. The minimum atomic E-state index is -1.04. The zero-order valence-electron chi connectivity index (χ0n) is 24.3. The molecule has 1 fully saturated rings. The summed E-state index contributed by atoms with van der Waals surface area (Å²) in [6.45, 7) is 7.16. The first kappa shape index (κ1) is 33.1. The van der Waals surface area contributed by atoms with Crippen LogP contribution in [0.2, 0.25) is 0 Å². The van der Waals surface area contributed by atoms with Gasteiger partial charge in [0.05, 0.1) is 0 Å². The molecule has 0 bridgehead atoms. The second kappa shape index (κ2) is 17.5. The van der Waals surface area contributed by atoms with Crippen molar-refractivity contribution in [3.05, 3.63) is 23.8 Å². The molecule has 10 heteroatoms. The minimum absolute atomic E-state index is 0.0775. The molecular weight excluding hydrogens is 518 g/mol. The van der Waals surface area contributed by atoms with Crippen LogP contribution in [0.5, 0.6) is 11.5 Å². The molecule has 1 saturated carbocycles. The molecule has 0 spiro atoms. The van der Waals surface area contributed by atoms with Gasteiger partial charge in [0.1, 0.15) is 24.4 Å². The fraction of sp³-hybridized carbons (Fsp3) is 0.667. The fourth-order valence-corrected chi connectivity index (χ4v) is 4.13. The number of benzene rings is 1. The molecule has 40 heavy (non-hydrogen) atoms. The van der Waals surface area contributed by atoms with Crippen LogP contribution in [0, 0.1) is 0 Å². The molecule has 0 heterocycles. The van der Waals surface area contributed by atoms with Crippen LogP contribution in [0.4, 0.5) is 4.79 Å². The van der Waals surface area contributed by atoms with Crippen molar-refractivity contribution in [2.75, 3.05) is 0 Å². The van der Waals surface area contributed by atoms with Crippen molar-refractivity contribution < 1.29 is 42.9 Å². The molecular formula is C30H45NO9. The number of hydrogen-bond acceptors (Lipinski definition) is 10. The van der Waals surface area contributed by atoms with Crippen molar-refractivity contribution >= 4 is 24.1 Å². The van der Waals surface area contributed by atoms with E-state index in [9.17, 15) is 19.2 Å². The van der Waals surface area contributed by atoms with E-state index in [4.69, 9.17) is 29.4 Å². The number of nitrogens with two attached hydrogens (primary N) is 1. The van der Waals surface area contributed by atoms with Gasteiger partial charge in [-0.15, -0.1) is 0 Å². The van der Waals surface area contributed by atoms with Crippen molar-refractivity contribution in [3.63, 3.8) is 0 Å². The van der Waals surface area contributed by atoms with Gasteiger partial charge in [-0.25, -0.2) is 4.79 Å². The van der Waals surface area contributed by atoms with Gasteiger partial charge < -0.3 is 29.4 Å². The standard InChI is InChI=1S/C30H45NO9/c1-5-7-14-27(32)39-25-17-16-22(19-26(25)40-28(33)15-8-6-2)18-24(31)29(34)36-20(3)21(4)37-30(35)38-23-12-10-9-11-13-23/h16-17,19-21,23-24H,5-15,18,31H2,1-4H3/t20-,21?,24-/m0/s1.